The number of alkyl halides is 3. The molecule has 0 radical (unpaired) electrons. The van der Waals surface area contributed by atoms with E-state index in [0.717, 1.165) is 12.3 Å². The Balaban J connectivity index is 2.86. The lowest BCUT2D eigenvalue weighted by molar-refractivity contribution is -0.141. The van der Waals surface area contributed by atoms with Gasteiger partial charge in [-0.15, -0.1) is 6.42 Å². The van der Waals surface area contributed by atoms with Crippen LogP contribution in [0.1, 0.15) is 5.69 Å². The second kappa shape index (κ2) is 4.01. The molecule has 0 bridgehead atoms. The second-order valence-corrected chi connectivity index (χ2v) is 2.49. The molecule has 74 valence electrons. The van der Waals surface area contributed by atoms with Gasteiger partial charge in [0.2, 0.25) is 0 Å². The monoisotopic (exact) mass is 200 g/mol. The van der Waals surface area contributed by atoms with Gasteiger partial charge in [0.05, 0.1) is 6.54 Å². The molecule has 0 aliphatic rings. The molecule has 0 saturated heterocycles. The van der Waals surface area contributed by atoms with Gasteiger partial charge in [-0.2, -0.15) is 13.2 Å². The zero-order valence-electron chi connectivity index (χ0n) is 7.10. The van der Waals surface area contributed by atoms with Gasteiger partial charge in [-0.3, -0.25) is 4.98 Å². The lowest BCUT2D eigenvalue weighted by Gasteiger charge is -2.07. The highest BCUT2D eigenvalue weighted by Crippen LogP contribution is 2.28. The number of nitrogens with zero attached hydrogens (tertiary/aromatic N) is 1. The first-order valence-electron chi connectivity index (χ1n) is 3.74. The molecule has 1 heterocycles. The first kappa shape index (κ1) is 10.4. The SMILES string of the molecule is C#CCNc1ccnc(C(F)(F)F)c1. The van der Waals surface area contributed by atoms with E-state index in [0.29, 0.717) is 5.69 Å². The maximum absolute atomic E-state index is 12.2. The summed E-state index contributed by atoms with van der Waals surface area (Å²) in [5, 5.41) is 2.63. The molecule has 0 fully saturated rings. The topological polar surface area (TPSA) is 24.9 Å². The van der Waals surface area contributed by atoms with E-state index < -0.39 is 11.9 Å². The van der Waals surface area contributed by atoms with Crippen molar-refractivity contribution >= 4 is 5.69 Å². The normalized spacial score (nSPS) is 10.7. The average Bonchev–Trinajstić information content (AvgIpc) is 2.14. The summed E-state index contributed by atoms with van der Waals surface area (Å²) >= 11 is 0. The number of halogens is 3. The van der Waals surface area contributed by atoms with Crippen molar-refractivity contribution in [2.45, 2.75) is 6.18 Å². The van der Waals surface area contributed by atoms with Crippen LogP contribution in [-0.2, 0) is 6.18 Å². The van der Waals surface area contributed by atoms with Crippen molar-refractivity contribution < 1.29 is 13.2 Å². The molecule has 0 aliphatic carbocycles. The Morgan fingerprint density at radius 3 is 2.79 bits per heavy atom. The third-order valence-corrected chi connectivity index (χ3v) is 1.44. The largest absolute Gasteiger partial charge is 0.433 e. The summed E-state index contributed by atoms with van der Waals surface area (Å²) in [6, 6.07) is 2.34. The molecule has 1 rings (SSSR count). The summed E-state index contributed by atoms with van der Waals surface area (Å²) in [4.78, 5) is 3.20. The van der Waals surface area contributed by atoms with Crippen molar-refractivity contribution in [2.75, 3.05) is 11.9 Å². The van der Waals surface area contributed by atoms with E-state index in [1.54, 1.807) is 0 Å². The van der Waals surface area contributed by atoms with Gasteiger partial charge in [-0.05, 0) is 12.1 Å². The van der Waals surface area contributed by atoms with Crippen LogP contribution in [0.3, 0.4) is 0 Å². The molecule has 5 heteroatoms. The summed E-state index contributed by atoms with van der Waals surface area (Å²) in [6.45, 7) is 0.182. The van der Waals surface area contributed by atoms with Crippen LogP contribution in [0.4, 0.5) is 18.9 Å². The van der Waals surface area contributed by atoms with Gasteiger partial charge >= 0.3 is 6.18 Å². The first-order chi connectivity index (χ1) is 6.54. The number of rotatable bonds is 2. The quantitative estimate of drug-likeness (QED) is 0.740. The number of pyridine rings is 1. The smallest absolute Gasteiger partial charge is 0.374 e. The predicted molar refractivity (Wildman–Crippen MR) is 46.6 cm³/mol. The molecule has 0 unspecified atom stereocenters. The fraction of sp³-hybridized carbons (Fsp3) is 0.222. The number of anilines is 1. The number of hydrogen-bond donors (Lipinski definition) is 1. The van der Waals surface area contributed by atoms with E-state index >= 15 is 0 Å². The highest BCUT2D eigenvalue weighted by atomic mass is 19.4. The van der Waals surface area contributed by atoms with Crippen molar-refractivity contribution in [3.63, 3.8) is 0 Å². The molecule has 0 atom stereocenters. The van der Waals surface area contributed by atoms with E-state index in [1.165, 1.54) is 6.07 Å². The highest BCUT2D eigenvalue weighted by Gasteiger charge is 2.32. The van der Waals surface area contributed by atoms with Crippen LogP contribution in [0.5, 0.6) is 0 Å². The van der Waals surface area contributed by atoms with Gasteiger partial charge < -0.3 is 5.32 Å². The molecule has 0 aromatic carbocycles. The minimum absolute atomic E-state index is 0.182. The van der Waals surface area contributed by atoms with E-state index in [1.807, 2.05) is 0 Å². The predicted octanol–water partition coefficient (Wildman–Crippen LogP) is 2.15. The molecule has 1 aromatic heterocycles. The second-order valence-electron chi connectivity index (χ2n) is 2.49. The summed E-state index contributed by atoms with van der Waals surface area (Å²) in [5.74, 6) is 2.26. The van der Waals surface area contributed by atoms with Gasteiger partial charge in [0, 0.05) is 11.9 Å². The number of aromatic nitrogens is 1. The Kier molecular flexibility index (Phi) is 2.97. The van der Waals surface area contributed by atoms with E-state index in [4.69, 9.17) is 6.42 Å². The Bertz CT molecular complexity index is 352. The van der Waals surface area contributed by atoms with E-state index in [9.17, 15) is 13.2 Å². The zero-order chi connectivity index (χ0) is 10.6. The van der Waals surface area contributed by atoms with Crippen molar-refractivity contribution in [3.8, 4) is 12.3 Å². The summed E-state index contributed by atoms with van der Waals surface area (Å²) in [7, 11) is 0. The molecular weight excluding hydrogens is 193 g/mol. The molecular formula is C9H7F3N2. The minimum Gasteiger partial charge on any atom is -0.374 e. The number of hydrogen-bond acceptors (Lipinski definition) is 2. The van der Waals surface area contributed by atoms with E-state index in [2.05, 4.69) is 16.2 Å². The van der Waals surface area contributed by atoms with Crippen molar-refractivity contribution in [1.29, 1.82) is 0 Å². The zero-order valence-corrected chi connectivity index (χ0v) is 7.10. The van der Waals surface area contributed by atoms with Gasteiger partial charge in [-0.25, -0.2) is 0 Å². The molecule has 0 spiro atoms. The molecule has 14 heavy (non-hydrogen) atoms. The third kappa shape index (κ3) is 2.66. The average molecular weight is 200 g/mol. The van der Waals surface area contributed by atoms with Crippen LogP contribution in [0, 0.1) is 12.3 Å². The summed E-state index contributed by atoms with van der Waals surface area (Å²) in [6.07, 6.45) is 1.61. The van der Waals surface area contributed by atoms with Crippen LogP contribution in [0.25, 0.3) is 0 Å². The Morgan fingerprint density at radius 1 is 1.50 bits per heavy atom. The molecule has 1 N–H and O–H groups in total. The van der Waals surface area contributed by atoms with Gasteiger partial charge in [0.25, 0.3) is 0 Å². The minimum atomic E-state index is -4.42. The fourth-order valence-electron chi connectivity index (χ4n) is 0.849. The Hall–Kier alpha value is -1.70. The Morgan fingerprint density at radius 2 is 2.21 bits per heavy atom. The van der Waals surface area contributed by atoms with Crippen molar-refractivity contribution in [2.24, 2.45) is 0 Å². The summed E-state index contributed by atoms with van der Waals surface area (Å²) < 4.78 is 36.5. The number of terminal acetylenes is 1. The summed E-state index contributed by atoms with van der Waals surface area (Å²) in [5.41, 5.74) is -0.621. The maximum atomic E-state index is 12.2. The highest BCUT2D eigenvalue weighted by molar-refractivity contribution is 5.44. The van der Waals surface area contributed by atoms with Crippen molar-refractivity contribution in [3.05, 3.63) is 24.0 Å². The first-order valence-corrected chi connectivity index (χ1v) is 3.74. The van der Waals surface area contributed by atoms with Crippen LogP contribution < -0.4 is 5.32 Å². The van der Waals surface area contributed by atoms with E-state index in [-0.39, 0.29) is 6.54 Å². The van der Waals surface area contributed by atoms with Gasteiger partial charge in [-0.1, -0.05) is 5.92 Å². The third-order valence-electron chi connectivity index (χ3n) is 1.44. The molecule has 0 amide bonds. The van der Waals surface area contributed by atoms with Gasteiger partial charge in [0.1, 0.15) is 5.69 Å². The molecule has 1 aromatic rings. The maximum Gasteiger partial charge on any atom is 0.433 e. The standard InChI is InChI=1S/C9H7F3N2/c1-2-4-13-7-3-5-14-8(6-7)9(10,11)12/h1,3,5-6H,4H2,(H,13,14). The molecule has 0 aliphatic heterocycles. The van der Waals surface area contributed by atoms with Crippen LogP contribution >= 0.6 is 0 Å². The molecule has 0 saturated carbocycles. The molecule has 2 nitrogen and oxygen atoms in total. The lowest BCUT2D eigenvalue weighted by Crippen LogP contribution is -2.09. The van der Waals surface area contributed by atoms with Crippen LogP contribution in [0.15, 0.2) is 18.3 Å². The van der Waals surface area contributed by atoms with Crippen molar-refractivity contribution in [1.82, 2.24) is 4.98 Å². The number of nitrogens with one attached hydrogen (secondary N) is 1. The Labute approximate surface area is 79.2 Å². The van der Waals surface area contributed by atoms with Crippen LogP contribution in [-0.4, -0.2) is 11.5 Å². The lowest BCUT2D eigenvalue weighted by atomic mass is 10.3. The van der Waals surface area contributed by atoms with Gasteiger partial charge in [0.15, 0.2) is 0 Å². The van der Waals surface area contributed by atoms with Crippen LogP contribution in [0.2, 0.25) is 0 Å². The fourth-order valence-corrected chi connectivity index (χ4v) is 0.849.